The fraction of sp³-hybridized carbons (Fsp3) is 0.483. The minimum atomic E-state index is -0.697. The molecule has 0 saturated carbocycles. The van der Waals surface area contributed by atoms with E-state index in [1.165, 1.54) is 5.56 Å². The van der Waals surface area contributed by atoms with Crippen molar-refractivity contribution in [3.8, 4) is 0 Å². The molecule has 3 atom stereocenters. The Labute approximate surface area is 241 Å². The van der Waals surface area contributed by atoms with E-state index in [4.69, 9.17) is 28.8 Å². The number of carbonyl (C=O) groups is 2. The van der Waals surface area contributed by atoms with Gasteiger partial charge in [-0.3, -0.25) is 14.6 Å². The van der Waals surface area contributed by atoms with E-state index in [1.807, 2.05) is 42.5 Å². The Morgan fingerprint density at radius 2 is 1.82 bits per heavy atom. The summed E-state index contributed by atoms with van der Waals surface area (Å²) in [5.41, 5.74) is 19.6. The van der Waals surface area contributed by atoms with Crippen LogP contribution in [-0.2, 0) is 22.4 Å². The van der Waals surface area contributed by atoms with Crippen molar-refractivity contribution < 1.29 is 9.59 Å². The molecule has 0 bridgehead atoms. The monoisotopic (exact) mass is 568 g/mol. The Morgan fingerprint density at radius 3 is 2.55 bits per heavy atom. The summed E-state index contributed by atoms with van der Waals surface area (Å²) in [5, 5.41) is 11.0. The van der Waals surface area contributed by atoms with Crippen molar-refractivity contribution in [1.82, 2.24) is 20.7 Å². The molecule has 8 N–H and O–H groups in total. The van der Waals surface area contributed by atoms with Crippen LogP contribution in [0.2, 0.25) is 5.02 Å². The second kappa shape index (κ2) is 13.9. The molecule has 2 aliphatic heterocycles. The maximum atomic E-state index is 13.6. The van der Waals surface area contributed by atoms with E-state index in [1.54, 1.807) is 0 Å². The van der Waals surface area contributed by atoms with Gasteiger partial charge in [0.2, 0.25) is 11.8 Å². The summed E-state index contributed by atoms with van der Waals surface area (Å²) in [6, 6.07) is 16.7. The zero-order chi connectivity index (χ0) is 28.5. The highest BCUT2D eigenvalue weighted by molar-refractivity contribution is 6.30. The van der Waals surface area contributed by atoms with Crippen molar-refractivity contribution in [3.63, 3.8) is 0 Å². The number of halogens is 1. The molecule has 2 aliphatic rings. The van der Waals surface area contributed by atoms with Crippen LogP contribution in [0.5, 0.6) is 0 Å². The van der Waals surface area contributed by atoms with Crippen molar-refractivity contribution in [2.75, 3.05) is 32.7 Å². The maximum Gasteiger partial charge on any atom is 0.242 e. The SMILES string of the molecule is NC(N)=NCCC[C@H](NC(=O)[C@@H]1CCN2CC[C@@](N)(Cc3ccccc3)CN12)C(=O)NCCc1ccc(Cl)cc1. The predicted molar refractivity (Wildman–Crippen MR) is 158 cm³/mol. The van der Waals surface area contributed by atoms with Crippen LogP contribution in [0.1, 0.15) is 36.8 Å². The summed E-state index contributed by atoms with van der Waals surface area (Å²) < 4.78 is 0. The Morgan fingerprint density at radius 1 is 1.07 bits per heavy atom. The molecule has 2 heterocycles. The number of benzene rings is 2. The van der Waals surface area contributed by atoms with Crippen molar-refractivity contribution in [3.05, 3.63) is 70.7 Å². The van der Waals surface area contributed by atoms with Gasteiger partial charge in [0.25, 0.3) is 0 Å². The van der Waals surface area contributed by atoms with Crippen LogP contribution in [0.4, 0.5) is 0 Å². The van der Waals surface area contributed by atoms with E-state index in [0.717, 1.165) is 31.5 Å². The first-order chi connectivity index (χ1) is 19.2. The van der Waals surface area contributed by atoms with Gasteiger partial charge in [-0.15, -0.1) is 0 Å². The predicted octanol–water partition coefficient (Wildman–Crippen LogP) is 1.17. The molecule has 2 saturated heterocycles. The Kier molecular flexibility index (Phi) is 10.4. The molecule has 11 heteroatoms. The molecular formula is C29H41ClN8O2. The van der Waals surface area contributed by atoms with Crippen LogP contribution < -0.4 is 27.8 Å². The number of rotatable bonds is 12. The minimum Gasteiger partial charge on any atom is -0.370 e. The number of guanidine groups is 1. The molecule has 0 aromatic heterocycles. The number of hydrazine groups is 1. The summed E-state index contributed by atoms with van der Waals surface area (Å²) in [4.78, 5) is 30.8. The second-order valence-electron chi connectivity index (χ2n) is 10.8. The number of amides is 2. The first-order valence-corrected chi connectivity index (χ1v) is 14.3. The van der Waals surface area contributed by atoms with Crippen molar-refractivity contribution >= 4 is 29.4 Å². The number of nitrogens with one attached hydrogen (secondary N) is 2. The second-order valence-corrected chi connectivity index (χ2v) is 11.2. The standard InChI is InChI=1S/C29H41ClN8O2/c30-23-10-8-21(9-11-23)12-16-34-26(39)24(7-4-15-35-28(31)32)36-27(40)25-13-17-37-18-14-29(33,20-38(25)37)19-22-5-2-1-3-6-22/h1-3,5-6,8-11,24-25H,4,7,12-20,33H2,(H,34,39)(H,36,40)(H4,31,32,35)/t24-,25-,29+/m0/s1. The zero-order valence-corrected chi connectivity index (χ0v) is 23.7. The summed E-state index contributed by atoms with van der Waals surface area (Å²) in [7, 11) is 0. The van der Waals surface area contributed by atoms with Crippen molar-refractivity contribution in [1.29, 1.82) is 0 Å². The third kappa shape index (κ3) is 8.41. The largest absolute Gasteiger partial charge is 0.370 e. The van der Waals surface area contributed by atoms with Gasteiger partial charge < -0.3 is 27.8 Å². The number of hydrogen-bond acceptors (Lipinski definition) is 6. The molecule has 4 rings (SSSR count). The molecule has 10 nitrogen and oxygen atoms in total. The van der Waals surface area contributed by atoms with Gasteiger partial charge in [-0.25, -0.2) is 10.0 Å². The van der Waals surface area contributed by atoms with Crippen LogP contribution in [0, 0.1) is 0 Å². The van der Waals surface area contributed by atoms with Crippen LogP contribution >= 0.6 is 11.6 Å². The molecule has 0 radical (unpaired) electrons. The number of nitrogens with zero attached hydrogens (tertiary/aromatic N) is 3. The summed E-state index contributed by atoms with van der Waals surface area (Å²) in [5.74, 6) is -0.381. The fourth-order valence-electron chi connectivity index (χ4n) is 5.51. The molecule has 216 valence electrons. The third-order valence-electron chi connectivity index (χ3n) is 7.63. The van der Waals surface area contributed by atoms with Gasteiger partial charge in [0.1, 0.15) is 12.1 Å². The van der Waals surface area contributed by atoms with E-state index < -0.39 is 11.6 Å². The molecule has 2 fully saturated rings. The molecule has 2 aromatic rings. The van der Waals surface area contributed by atoms with Crippen molar-refractivity contribution in [2.24, 2.45) is 22.2 Å². The van der Waals surface area contributed by atoms with E-state index >= 15 is 0 Å². The van der Waals surface area contributed by atoms with Gasteiger partial charge in [-0.05, 0) is 61.8 Å². The van der Waals surface area contributed by atoms with Gasteiger partial charge >= 0.3 is 0 Å². The lowest BCUT2D eigenvalue weighted by Crippen LogP contribution is -2.64. The van der Waals surface area contributed by atoms with Crippen molar-refractivity contribution in [2.45, 2.75) is 56.1 Å². The minimum absolute atomic E-state index is 0.00455. The van der Waals surface area contributed by atoms with Gasteiger partial charge in [-0.2, -0.15) is 0 Å². The van der Waals surface area contributed by atoms with Gasteiger partial charge in [0, 0.05) is 43.3 Å². The highest BCUT2D eigenvalue weighted by Gasteiger charge is 2.45. The molecule has 0 unspecified atom stereocenters. The average Bonchev–Trinajstić information content (AvgIpc) is 3.34. The number of nitrogens with two attached hydrogens (primary N) is 3. The van der Waals surface area contributed by atoms with E-state index in [9.17, 15) is 9.59 Å². The number of hydrogen-bond donors (Lipinski definition) is 5. The summed E-state index contributed by atoms with van der Waals surface area (Å²) in [6.45, 7) is 3.01. The smallest absolute Gasteiger partial charge is 0.242 e. The lowest BCUT2D eigenvalue weighted by molar-refractivity contribution is -0.137. The van der Waals surface area contributed by atoms with Crippen LogP contribution in [-0.4, -0.2) is 78.1 Å². The summed E-state index contributed by atoms with van der Waals surface area (Å²) >= 11 is 5.97. The highest BCUT2D eigenvalue weighted by atomic mass is 35.5. The summed E-state index contributed by atoms with van der Waals surface area (Å²) in [6.07, 6.45) is 3.92. The lowest BCUT2D eigenvalue weighted by Gasteiger charge is -2.45. The molecule has 0 aliphatic carbocycles. The van der Waals surface area contributed by atoms with Crippen LogP contribution in [0.15, 0.2) is 59.6 Å². The van der Waals surface area contributed by atoms with E-state index in [-0.39, 0.29) is 23.8 Å². The fourth-order valence-corrected chi connectivity index (χ4v) is 5.63. The normalized spacial score (nSPS) is 21.8. The molecular weight excluding hydrogens is 528 g/mol. The number of aliphatic imine (C=N–C) groups is 1. The maximum absolute atomic E-state index is 13.6. The first-order valence-electron chi connectivity index (χ1n) is 13.9. The van der Waals surface area contributed by atoms with Gasteiger partial charge in [-0.1, -0.05) is 54.1 Å². The Bertz CT molecular complexity index is 1160. The highest BCUT2D eigenvalue weighted by Crippen LogP contribution is 2.30. The van der Waals surface area contributed by atoms with Crippen LogP contribution in [0.25, 0.3) is 0 Å². The van der Waals surface area contributed by atoms with Crippen LogP contribution in [0.3, 0.4) is 0 Å². The number of carbonyl (C=O) groups excluding carboxylic acids is 2. The number of fused-ring (bicyclic) bond motifs is 1. The average molecular weight is 569 g/mol. The molecule has 0 spiro atoms. The topological polar surface area (TPSA) is 155 Å². The first kappa shape index (κ1) is 29.8. The van der Waals surface area contributed by atoms with Gasteiger partial charge in [0.15, 0.2) is 5.96 Å². The Balaban J connectivity index is 1.37. The molecule has 2 aromatic carbocycles. The Hall–Kier alpha value is -3.18. The lowest BCUT2D eigenvalue weighted by atomic mass is 9.86. The van der Waals surface area contributed by atoms with Gasteiger partial charge in [0.05, 0.1) is 0 Å². The molecule has 2 amide bonds. The molecule has 40 heavy (non-hydrogen) atoms. The zero-order valence-electron chi connectivity index (χ0n) is 22.9. The third-order valence-corrected chi connectivity index (χ3v) is 7.89. The quantitative estimate of drug-likeness (QED) is 0.146. The van der Waals surface area contributed by atoms with E-state index in [2.05, 4.69) is 37.8 Å². The van der Waals surface area contributed by atoms with E-state index in [0.29, 0.717) is 50.3 Å².